The lowest BCUT2D eigenvalue weighted by Gasteiger charge is -2.24. The maximum atomic E-state index is 9.07. The number of hydrogen-bond donors (Lipinski definition) is 2. The van der Waals surface area contributed by atoms with Crippen molar-refractivity contribution in [3.63, 3.8) is 0 Å². The quantitative estimate of drug-likeness (QED) is 0.773. The monoisotopic (exact) mass is 387 g/mol. The van der Waals surface area contributed by atoms with E-state index in [1.54, 1.807) is 0 Å². The van der Waals surface area contributed by atoms with Gasteiger partial charge in [-0.25, -0.2) is 0 Å². The van der Waals surface area contributed by atoms with E-state index in [0.717, 1.165) is 35.3 Å². The molecule has 20 heavy (non-hydrogen) atoms. The summed E-state index contributed by atoms with van der Waals surface area (Å²) >= 11 is 2.18. The van der Waals surface area contributed by atoms with Crippen molar-refractivity contribution in [1.29, 1.82) is 0 Å². The Morgan fingerprint density at radius 2 is 2.40 bits per heavy atom. The van der Waals surface area contributed by atoms with Crippen molar-refractivity contribution in [2.75, 3.05) is 6.61 Å². The lowest BCUT2D eigenvalue weighted by Crippen LogP contribution is -2.25. The highest BCUT2D eigenvalue weighted by Gasteiger charge is 2.23. The van der Waals surface area contributed by atoms with Crippen LogP contribution in [-0.4, -0.2) is 21.5 Å². The van der Waals surface area contributed by atoms with Gasteiger partial charge in [0.15, 0.2) is 3.77 Å². The van der Waals surface area contributed by atoms with Gasteiger partial charge in [0.2, 0.25) is 0 Å². The first-order valence-electron chi connectivity index (χ1n) is 6.91. The molecule has 0 aromatic carbocycles. The van der Waals surface area contributed by atoms with Gasteiger partial charge in [-0.1, -0.05) is 0 Å². The molecule has 1 atom stereocenters. The second-order valence-corrected chi connectivity index (χ2v) is 6.09. The van der Waals surface area contributed by atoms with Crippen LogP contribution in [0.4, 0.5) is 0 Å². The highest BCUT2D eigenvalue weighted by molar-refractivity contribution is 14.1. The van der Waals surface area contributed by atoms with E-state index in [0.29, 0.717) is 12.6 Å². The number of aromatic nitrogens is 2. The molecule has 0 amide bonds. The van der Waals surface area contributed by atoms with E-state index in [1.165, 1.54) is 11.3 Å². The van der Waals surface area contributed by atoms with Gasteiger partial charge in [0.25, 0.3) is 0 Å². The molecule has 1 aliphatic rings. The first kappa shape index (κ1) is 14.1. The highest BCUT2D eigenvalue weighted by atomic mass is 127. The molecule has 6 heteroatoms. The van der Waals surface area contributed by atoms with Gasteiger partial charge in [0.1, 0.15) is 5.76 Å². The average Bonchev–Trinajstić information content (AvgIpc) is 3.04. The predicted octanol–water partition coefficient (Wildman–Crippen LogP) is 2.24. The van der Waals surface area contributed by atoms with Gasteiger partial charge in [-0.2, -0.15) is 5.10 Å². The summed E-state index contributed by atoms with van der Waals surface area (Å²) in [5, 5.41) is 17.0. The van der Waals surface area contributed by atoms with Gasteiger partial charge in [0, 0.05) is 17.3 Å². The smallest absolute Gasteiger partial charge is 0.164 e. The van der Waals surface area contributed by atoms with Gasteiger partial charge in [-0.3, -0.25) is 4.68 Å². The zero-order chi connectivity index (χ0) is 13.9. The average molecular weight is 387 g/mol. The van der Waals surface area contributed by atoms with Crippen molar-refractivity contribution in [3.8, 4) is 0 Å². The van der Waals surface area contributed by atoms with Crippen LogP contribution in [0, 0.1) is 3.77 Å². The molecule has 0 saturated carbocycles. The molecular formula is C14H18IN3O2. The van der Waals surface area contributed by atoms with E-state index in [-0.39, 0.29) is 6.61 Å². The van der Waals surface area contributed by atoms with Gasteiger partial charge in [-0.15, -0.1) is 0 Å². The third-order valence-electron chi connectivity index (χ3n) is 3.73. The fourth-order valence-electron chi connectivity index (χ4n) is 2.79. The summed E-state index contributed by atoms with van der Waals surface area (Å²) < 4.78 is 8.42. The number of aliphatic hydroxyl groups excluding tert-OH is 1. The summed E-state index contributed by atoms with van der Waals surface area (Å²) in [5.74, 6) is 0.962. The fourth-order valence-corrected chi connectivity index (χ4v) is 3.25. The lowest BCUT2D eigenvalue weighted by atomic mass is 9.93. The largest absolute Gasteiger partial charge is 0.454 e. The number of hydrogen-bond acceptors (Lipinski definition) is 4. The van der Waals surface area contributed by atoms with Gasteiger partial charge >= 0.3 is 0 Å². The van der Waals surface area contributed by atoms with Crippen molar-refractivity contribution in [1.82, 2.24) is 15.1 Å². The van der Waals surface area contributed by atoms with E-state index in [1.807, 2.05) is 23.0 Å². The van der Waals surface area contributed by atoms with E-state index in [9.17, 15) is 0 Å². The molecule has 1 aliphatic carbocycles. The van der Waals surface area contributed by atoms with Crippen LogP contribution in [0.15, 0.2) is 22.7 Å². The Kier molecular flexibility index (Phi) is 4.42. The number of furan rings is 1. The Hall–Kier alpha value is -0.860. The summed E-state index contributed by atoms with van der Waals surface area (Å²) in [4.78, 5) is 0. The maximum absolute atomic E-state index is 9.07. The van der Waals surface area contributed by atoms with Crippen molar-refractivity contribution < 1.29 is 9.52 Å². The maximum Gasteiger partial charge on any atom is 0.164 e. The minimum Gasteiger partial charge on any atom is -0.454 e. The minimum atomic E-state index is 0.136. The fraction of sp³-hybridized carbons (Fsp3) is 0.500. The van der Waals surface area contributed by atoms with E-state index < -0.39 is 0 Å². The number of fused-ring (bicyclic) bond motifs is 1. The Morgan fingerprint density at radius 3 is 3.15 bits per heavy atom. The molecule has 2 aromatic heterocycles. The van der Waals surface area contributed by atoms with Crippen LogP contribution in [0.1, 0.15) is 35.9 Å². The van der Waals surface area contributed by atoms with Crippen molar-refractivity contribution >= 4 is 22.6 Å². The molecule has 0 saturated heterocycles. The second kappa shape index (κ2) is 6.28. The van der Waals surface area contributed by atoms with Crippen LogP contribution in [-0.2, 0) is 19.5 Å². The van der Waals surface area contributed by atoms with Crippen LogP contribution >= 0.6 is 22.6 Å². The molecule has 2 aromatic rings. The van der Waals surface area contributed by atoms with Crippen LogP contribution in [0.3, 0.4) is 0 Å². The number of halogens is 1. The van der Waals surface area contributed by atoms with Gasteiger partial charge < -0.3 is 14.8 Å². The molecule has 0 bridgehead atoms. The minimum absolute atomic E-state index is 0.136. The Morgan fingerprint density at radius 1 is 1.50 bits per heavy atom. The summed E-state index contributed by atoms with van der Waals surface area (Å²) in [7, 11) is 0. The second-order valence-electron chi connectivity index (χ2n) is 5.02. The SMILES string of the molecule is OCCn1ncc2c1CCCC2NCc1ccc(I)o1. The molecular weight excluding hydrogens is 369 g/mol. The molecule has 2 heterocycles. The van der Waals surface area contributed by atoms with Crippen molar-refractivity contribution in [2.24, 2.45) is 0 Å². The summed E-state index contributed by atoms with van der Waals surface area (Å²) in [5.41, 5.74) is 2.53. The van der Waals surface area contributed by atoms with E-state index in [4.69, 9.17) is 9.52 Å². The number of nitrogens with one attached hydrogen (secondary N) is 1. The summed E-state index contributed by atoms with van der Waals surface area (Å²) in [6.45, 7) is 1.45. The Balaban J connectivity index is 1.70. The van der Waals surface area contributed by atoms with Crippen LogP contribution in [0.2, 0.25) is 0 Å². The van der Waals surface area contributed by atoms with E-state index >= 15 is 0 Å². The summed E-state index contributed by atoms with van der Waals surface area (Å²) in [6.07, 6.45) is 5.26. The number of rotatable bonds is 5. The van der Waals surface area contributed by atoms with E-state index in [2.05, 4.69) is 33.0 Å². The summed E-state index contributed by atoms with van der Waals surface area (Å²) in [6, 6.07) is 4.31. The zero-order valence-electron chi connectivity index (χ0n) is 11.2. The Bertz CT molecular complexity index is 579. The molecule has 3 rings (SSSR count). The standard InChI is InChI=1S/C14H18IN3O2/c15-14-5-4-10(20-14)8-16-12-2-1-3-13-11(12)9-17-18(13)6-7-19/h4-5,9,12,16,19H,1-3,6-8H2. The molecule has 0 spiro atoms. The topological polar surface area (TPSA) is 63.2 Å². The molecule has 108 valence electrons. The van der Waals surface area contributed by atoms with Gasteiger partial charge in [-0.05, 0) is 54.0 Å². The first-order chi connectivity index (χ1) is 9.78. The van der Waals surface area contributed by atoms with Crippen molar-refractivity contribution in [2.45, 2.75) is 38.4 Å². The van der Waals surface area contributed by atoms with Gasteiger partial charge in [0.05, 0.1) is 25.9 Å². The normalized spacial score (nSPS) is 18.2. The molecule has 0 radical (unpaired) electrons. The molecule has 1 unspecified atom stereocenters. The van der Waals surface area contributed by atoms with Crippen LogP contribution in [0.25, 0.3) is 0 Å². The van der Waals surface area contributed by atoms with Crippen molar-refractivity contribution in [3.05, 3.63) is 39.1 Å². The zero-order valence-corrected chi connectivity index (χ0v) is 13.3. The Labute approximate surface area is 131 Å². The third kappa shape index (κ3) is 2.91. The third-order valence-corrected chi connectivity index (χ3v) is 4.31. The predicted molar refractivity (Wildman–Crippen MR) is 83.3 cm³/mol. The molecule has 0 aliphatic heterocycles. The van der Waals surface area contributed by atoms with Crippen LogP contribution < -0.4 is 5.32 Å². The molecule has 2 N–H and O–H groups in total. The lowest BCUT2D eigenvalue weighted by molar-refractivity contribution is 0.266. The number of nitrogens with zero attached hydrogens (tertiary/aromatic N) is 2. The van der Waals surface area contributed by atoms with Crippen LogP contribution in [0.5, 0.6) is 0 Å². The first-order valence-corrected chi connectivity index (χ1v) is 7.99. The molecule has 0 fully saturated rings. The highest BCUT2D eigenvalue weighted by Crippen LogP contribution is 2.29. The number of aliphatic hydroxyl groups is 1. The molecule has 5 nitrogen and oxygen atoms in total.